The standard InChI is InChI=1S/C16H21IN8/c1-4-24-15-12(21-16(24)17)13(18-8-19-15)20-10-5-6-11-22-23-14(9(2)3)25(11)7-10/h8-10H,4-7H2,1-3H3,(H,18,19,20). The van der Waals surface area contributed by atoms with Gasteiger partial charge >= 0.3 is 0 Å². The molecule has 1 N–H and O–H groups in total. The minimum atomic E-state index is 0.281. The van der Waals surface area contributed by atoms with Crippen LogP contribution in [0.3, 0.4) is 0 Å². The zero-order valence-electron chi connectivity index (χ0n) is 14.6. The van der Waals surface area contributed by atoms with Crippen molar-refractivity contribution in [3.05, 3.63) is 21.8 Å². The Morgan fingerprint density at radius 3 is 2.92 bits per heavy atom. The number of hydrogen-bond acceptors (Lipinski definition) is 6. The van der Waals surface area contributed by atoms with Gasteiger partial charge in [0.05, 0.1) is 0 Å². The minimum absolute atomic E-state index is 0.281. The van der Waals surface area contributed by atoms with Gasteiger partial charge in [-0.25, -0.2) is 15.0 Å². The number of fused-ring (bicyclic) bond motifs is 2. The molecule has 132 valence electrons. The Kier molecular flexibility index (Phi) is 4.34. The van der Waals surface area contributed by atoms with Crippen molar-refractivity contribution in [1.29, 1.82) is 0 Å². The number of nitrogens with one attached hydrogen (secondary N) is 1. The van der Waals surface area contributed by atoms with Gasteiger partial charge in [0.2, 0.25) is 0 Å². The Hall–Kier alpha value is -1.78. The first-order valence-corrected chi connectivity index (χ1v) is 9.71. The van der Waals surface area contributed by atoms with E-state index in [1.807, 2.05) is 0 Å². The molecule has 0 spiro atoms. The summed E-state index contributed by atoms with van der Waals surface area (Å²) in [6, 6.07) is 0.281. The van der Waals surface area contributed by atoms with Gasteiger partial charge in [-0.15, -0.1) is 10.2 Å². The molecule has 0 aromatic carbocycles. The fourth-order valence-corrected chi connectivity index (χ4v) is 4.19. The highest BCUT2D eigenvalue weighted by molar-refractivity contribution is 14.1. The lowest BCUT2D eigenvalue weighted by atomic mass is 10.1. The molecule has 4 heterocycles. The lowest BCUT2D eigenvalue weighted by molar-refractivity contribution is 0.459. The molecule has 0 saturated heterocycles. The molecule has 1 unspecified atom stereocenters. The van der Waals surface area contributed by atoms with Crippen LogP contribution in [0, 0.1) is 3.83 Å². The molecule has 1 aliphatic rings. The van der Waals surface area contributed by atoms with Crippen LogP contribution < -0.4 is 5.32 Å². The maximum atomic E-state index is 4.66. The van der Waals surface area contributed by atoms with Crippen LogP contribution in [0.2, 0.25) is 0 Å². The molecule has 3 aromatic rings. The van der Waals surface area contributed by atoms with Crippen LogP contribution in [-0.2, 0) is 19.5 Å². The van der Waals surface area contributed by atoms with Crippen LogP contribution in [0.5, 0.6) is 0 Å². The Morgan fingerprint density at radius 1 is 1.32 bits per heavy atom. The average molecular weight is 452 g/mol. The van der Waals surface area contributed by atoms with Crippen molar-refractivity contribution in [2.75, 3.05) is 5.32 Å². The van der Waals surface area contributed by atoms with Crippen LogP contribution in [0.25, 0.3) is 11.2 Å². The summed E-state index contributed by atoms with van der Waals surface area (Å²) < 4.78 is 5.28. The monoisotopic (exact) mass is 452 g/mol. The number of hydrogen-bond donors (Lipinski definition) is 1. The third kappa shape index (κ3) is 2.87. The first kappa shape index (κ1) is 16.7. The molecule has 0 saturated carbocycles. The van der Waals surface area contributed by atoms with Gasteiger partial charge in [0.1, 0.15) is 18.0 Å². The number of aryl methyl sites for hydroxylation is 2. The molecule has 0 fully saturated rings. The first-order valence-electron chi connectivity index (χ1n) is 8.63. The smallest absolute Gasteiger partial charge is 0.173 e. The van der Waals surface area contributed by atoms with Gasteiger partial charge in [-0.05, 0) is 13.3 Å². The molecule has 0 amide bonds. The normalized spacial score (nSPS) is 17.2. The highest BCUT2D eigenvalue weighted by Crippen LogP contribution is 2.25. The fourth-order valence-electron chi connectivity index (χ4n) is 3.38. The van der Waals surface area contributed by atoms with E-state index in [1.54, 1.807) is 6.33 Å². The Balaban J connectivity index is 1.63. The van der Waals surface area contributed by atoms with Crippen molar-refractivity contribution in [3.8, 4) is 0 Å². The van der Waals surface area contributed by atoms with E-state index in [1.165, 1.54) is 0 Å². The first-order chi connectivity index (χ1) is 12.1. The summed E-state index contributed by atoms with van der Waals surface area (Å²) in [6.07, 6.45) is 3.54. The molecular weight excluding hydrogens is 431 g/mol. The zero-order valence-corrected chi connectivity index (χ0v) is 16.7. The van der Waals surface area contributed by atoms with E-state index in [0.717, 1.165) is 58.4 Å². The zero-order chi connectivity index (χ0) is 17.6. The van der Waals surface area contributed by atoms with Crippen LogP contribution in [0.1, 0.15) is 44.8 Å². The second-order valence-electron chi connectivity index (χ2n) is 6.64. The van der Waals surface area contributed by atoms with E-state index in [4.69, 9.17) is 0 Å². The van der Waals surface area contributed by atoms with Gasteiger partial charge in [-0.2, -0.15) is 0 Å². The SMILES string of the molecule is CCn1c(I)nc2c(NC3CCc4nnc(C(C)C)n4C3)ncnc21. The summed E-state index contributed by atoms with van der Waals surface area (Å²) in [7, 11) is 0. The van der Waals surface area contributed by atoms with E-state index in [9.17, 15) is 0 Å². The summed E-state index contributed by atoms with van der Waals surface area (Å²) >= 11 is 2.25. The van der Waals surface area contributed by atoms with Gasteiger partial charge < -0.3 is 14.5 Å². The molecule has 8 nitrogen and oxygen atoms in total. The average Bonchev–Trinajstić information content (AvgIpc) is 3.15. The second kappa shape index (κ2) is 6.50. The van der Waals surface area contributed by atoms with Gasteiger partial charge in [-0.1, -0.05) is 13.8 Å². The predicted molar refractivity (Wildman–Crippen MR) is 104 cm³/mol. The molecule has 4 rings (SSSR count). The Morgan fingerprint density at radius 2 is 2.16 bits per heavy atom. The largest absolute Gasteiger partial charge is 0.364 e. The highest BCUT2D eigenvalue weighted by Gasteiger charge is 2.25. The third-order valence-corrected chi connectivity index (χ3v) is 5.46. The number of halogens is 1. The number of anilines is 1. The second-order valence-corrected chi connectivity index (χ2v) is 7.60. The Labute approximate surface area is 159 Å². The van der Waals surface area contributed by atoms with Crippen molar-refractivity contribution in [1.82, 2.24) is 34.3 Å². The van der Waals surface area contributed by atoms with Crippen LogP contribution in [0.4, 0.5) is 5.82 Å². The van der Waals surface area contributed by atoms with Crippen LogP contribution in [0.15, 0.2) is 6.33 Å². The highest BCUT2D eigenvalue weighted by atomic mass is 127. The quantitative estimate of drug-likeness (QED) is 0.484. The topological polar surface area (TPSA) is 86.3 Å². The van der Waals surface area contributed by atoms with Crippen LogP contribution in [-0.4, -0.2) is 40.3 Å². The van der Waals surface area contributed by atoms with Gasteiger partial charge in [0.25, 0.3) is 0 Å². The molecule has 0 bridgehead atoms. The van der Waals surface area contributed by atoms with E-state index < -0.39 is 0 Å². The number of rotatable bonds is 4. The van der Waals surface area contributed by atoms with Crippen molar-refractivity contribution >= 4 is 39.6 Å². The van der Waals surface area contributed by atoms with E-state index in [2.05, 4.69) is 83.0 Å². The van der Waals surface area contributed by atoms with Crippen molar-refractivity contribution in [2.45, 2.75) is 58.7 Å². The maximum absolute atomic E-state index is 4.66. The number of imidazole rings is 1. The van der Waals surface area contributed by atoms with E-state index in [0.29, 0.717) is 5.92 Å². The molecule has 0 radical (unpaired) electrons. The van der Waals surface area contributed by atoms with E-state index in [-0.39, 0.29) is 6.04 Å². The molecule has 1 aliphatic heterocycles. The molecule has 1 atom stereocenters. The summed E-state index contributed by atoms with van der Waals surface area (Å²) in [5, 5.41) is 12.3. The molecular formula is C16H21IN8. The van der Waals surface area contributed by atoms with Crippen molar-refractivity contribution in [3.63, 3.8) is 0 Å². The Bertz CT molecular complexity index is 912. The summed E-state index contributed by atoms with van der Waals surface area (Å²) in [4.78, 5) is 13.5. The maximum Gasteiger partial charge on any atom is 0.173 e. The molecule has 25 heavy (non-hydrogen) atoms. The number of nitrogens with zero attached hydrogens (tertiary/aromatic N) is 7. The van der Waals surface area contributed by atoms with Gasteiger partial charge in [0.15, 0.2) is 20.8 Å². The molecule has 0 aliphatic carbocycles. The van der Waals surface area contributed by atoms with Crippen molar-refractivity contribution in [2.24, 2.45) is 0 Å². The summed E-state index contributed by atoms with van der Waals surface area (Å²) in [6.45, 7) is 8.10. The van der Waals surface area contributed by atoms with Gasteiger partial charge in [-0.3, -0.25) is 0 Å². The summed E-state index contributed by atoms with van der Waals surface area (Å²) in [5.41, 5.74) is 1.72. The van der Waals surface area contributed by atoms with Crippen LogP contribution >= 0.6 is 22.6 Å². The predicted octanol–water partition coefficient (Wildman–Crippen LogP) is 2.59. The van der Waals surface area contributed by atoms with Gasteiger partial charge in [0, 0.05) is 54.1 Å². The lowest BCUT2D eigenvalue weighted by Gasteiger charge is -2.26. The molecule has 9 heteroatoms. The fraction of sp³-hybridized carbons (Fsp3) is 0.562. The van der Waals surface area contributed by atoms with E-state index >= 15 is 0 Å². The molecule has 3 aromatic heterocycles. The lowest BCUT2D eigenvalue weighted by Crippen LogP contribution is -2.32. The number of aromatic nitrogens is 7. The third-order valence-electron chi connectivity index (χ3n) is 4.63. The van der Waals surface area contributed by atoms with Crippen molar-refractivity contribution < 1.29 is 0 Å². The summed E-state index contributed by atoms with van der Waals surface area (Å²) in [5.74, 6) is 3.31. The minimum Gasteiger partial charge on any atom is -0.364 e.